The molecule has 27 heavy (non-hydrogen) atoms. The van der Waals surface area contributed by atoms with Crippen LogP contribution in [-0.4, -0.2) is 15.9 Å². The lowest BCUT2D eigenvalue weighted by Gasteiger charge is -2.04. The third-order valence-corrected chi connectivity index (χ3v) is 5.09. The molecule has 1 amide bonds. The predicted octanol–water partition coefficient (Wildman–Crippen LogP) is 5.43. The molecule has 4 aromatic rings. The Morgan fingerprint density at radius 2 is 1.59 bits per heavy atom. The Hall–Kier alpha value is -3.31. The molecule has 0 spiro atoms. The number of hydrogen-bond acceptors (Lipinski definition) is 4. The summed E-state index contributed by atoms with van der Waals surface area (Å²) in [5, 5.41) is 3.44. The number of nitrogens with zero attached hydrogens (tertiary/aromatic N) is 2. The van der Waals surface area contributed by atoms with Crippen LogP contribution in [0.25, 0.3) is 22.4 Å². The molecule has 4 rings (SSSR count). The van der Waals surface area contributed by atoms with Gasteiger partial charge in [-0.05, 0) is 30.2 Å². The summed E-state index contributed by atoms with van der Waals surface area (Å²) in [6.45, 7) is 2.01. The molecule has 2 heterocycles. The number of carbonyl (C=O) groups excluding carboxylic acids is 1. The molecular weight excluding hydrogens is 354 g/mol. The predicted molar refractivity (Wildman–Crippen MR) is 110 cm³/mol. The van der Waals surface area contributed by atoms with Crippen LogP contribution in [0.1, 0.15) is 15.2 Å². The van der Waals surface area contributed by atoms with Gasteiger partial charge in [-0.3, -0.25) is 15.1 Å². The second kappa shape index (κ2) is 7.51. The quantitative estimate of drug-likeness (QED) is 0.520. The highest BCUT2D eigenvalue weighted by atomic mass is 32.1. The third-order valence-electron chi connectivity index (χ3n) is 4.21. The zero-order chi connectivity index (χ0) is 18.6. The molecule has 0 fully saturated rings. The Kier molecular flexibility index (Phi) is 4.77. The van der Waals surface area contributed by atoms with E-state index in [-0.39, 0.29) is 5.91 Å². The van der Waals surface area contributed by atoms with E-state index in [1.807, 2.05) is 25.1 Å². The van der Waals surface area contributed by atoms with Crippen LogP contribution in [0, 0.1) is 6.92 Å². The van der Waals surface area contributed by atoms with Gasteiger partial charge in [-0.1, -0.05) is 54.6 Å². The average Bonchev–Trinajstić information content (AvgIpc) is 3.09. The minimum atomic E-state index is -0.206. The van der Waals surface area contributed by atoms with Crippen LogP contribution in [0.2, 0.25) is 0 Å². The summed E-state index contributed by atoms with van der Waals surface area (Å²) >= 11 is 1.47. The number of carbonyl (C=O) groups is 1. The van der Waals surface area contributed by atoms with Gasteiger partial charge in [0.15, 0.2) is 5.13 Å². The summed E-state index contributed by atoms with van der Waals surface area (Å²) in [6, 6.07) is 22.1. The van der Waals surface area contributed by atoms with Gasteiger partial charge in [0.05, 0.1) is 11.3 Å². The first-order valence-corrected chi connectivity index (χ1v) is 9.37. The zero-order valence-electron chi connectivity index (χ0n) is 14.7. The van der Waals surface area contributed by atoms with Crippen molar-refractivity contribution in [2.45, 2.75) is 6.92 Å². The molecule has 0 aliphatic heterocycles. The lowest BCUT2D eigenvalue weighted by Crippen LogP contribution is -2.11. The number of aryl methyl sites for hydroxylation is 1. The summed E-state index contributed by atoms with van der Waals surface area (Å²) in [5.74, 6) is -0.206. The number of aromatic nitrogens is 2. The van der Waals surface area contributed by atoms with E-state index in [1.165, 1.54) is 16.9 Å². The molecule has 2 aromatic carbocycles. The Bertz CT molecular complexity index is 1060. The van der Waals surface area contributed by atoms with Gasteiger partial charge in [0, 0.05) is 22.8 Å². The van der Waals surface area contributed by atoms with Crippen LogP contribution in [0.15, 0.2) is 79.1 Å². The minimum absolute atomic E-state index is 0.206. The number of hydrogen-bond donors (Lipinski definition) is 1. The van der Waals surface area contributed by atoms with E-state index in [1.54, 1.807) is 24.5 Å². The molecule has 1 N–H and O–H groups in total. The number of pyridine rings is 1. The van der Waals surface area contributed by atoms with Crippen LogP contribution in [0.4, 0.5) is 5.13 Å². The molecule has 2 aromatic heterocycles. The maximum absolute atomic E-state index is 12.3. The molecule has 0 bridgehead atoms. The van der Waals surface area contributed by atoms with Crippen molar-refractivity contribution in [3.05, 3.63) is 89.6 Å². The number of nitrogens with one attached hydrogen (secondary N) is 1. The maximum Gasteiger partial charge on any atom is 0.259 e. The fourth-order valence-corrected chi connectivity index (χ4v) is 3.67. The van der Waals surface area contributed by atoms with Gasteiger partial charge in [0.2, 0.25) is 0 Å². The Balaban J connectivity index is 1.55. The fraction of sp³-hybridized carbons (Fsp3) is 0.0455. The topological polar surface area (TPSA) is 54.9 Å². The van der Waals surface area contributed by atoms with Crippen molar-refractivity contribution in [1.82, 2.24) is 9.97 Å². The van der Waals surface area contributed by atoms with E-state index in [0.717, 1.165) is 21.7 Å². The van der Waals surface area contributed by atoms with Crippen LogP contribution >= 0.6 is 11.3 Å². The van der Waals surface area contributed by atoms with E-state index < -0.39 is 0 Å². The van der Waals surface area contributed by atoms with Gasteiger partial charge in [0.25, 0.3) is 5.91 Å². The molecule has 0 aliphatic rings. The molecule has 0 unspecified atom stereocenters. The molecular formula is C22H17N3OS. The van der Waals surface area contributed by atoms with Crippen LogP contribution in [-0.2, 0) is 0 Å². The molecule has 0 aliphatic carbocycles. The molecule has 5 heteroatoms. The van der Waals surface area contributed by atoms with Crippen LogP contribution < -0.4 is 5.32 Å². The van der Waals surface area contributed by atoms with E-state index in [0.29, 0.717) is 10.7 Å². The molecule has 132 valence electrons. The first-order valence-electron chi connectivity index (χ1n) is 8.55. The lowest BCUT2D eigenvalue weighted by atomic mass is 10.0. The van der Waals surface area contributed by atoms with Gasteiger partial charge < -0.3 is 0 Å². The number of amides is 1. The highest BCUT2D eigenvalue weighted by molar-refractivity contribution is 7.16. The molecule has 0 radical (unpaired) electrons. The minimum Gasteiger partial charge on any atom is -0.298 e. The van der Waals surface area contributed by atoms with Crippen LogP contribution in [0.5, 0.6) is 0 Å². The first kappa shape index (κ1) is 17.1. The third kappa shape index (κ3) is 3.78. The molecule has 0 atom stereocenters. The fourth-order valence-electron chi connectivity index (χ4n) is 2.84. The van der Waals surface area contributed by atoms with Crippen molar-refractivity contribution in [3.8, 4) is 22.4 Å². The standard InChI is InChI=1S/C22H17N3OS/c1-15-20(18-11-9-17(10-12-18)16-6-3-2-4-7-16)24-22(27-15)25-21(26)19-8-5-13-23-14-19/h2-14H,1H3,(H,24,25,26). The lowest BCUT2D eigenvalue weighted by molar-refractivity contribution is 0.102. The van der Waals surface area contributed by atoms with Crippen molar-refractivity contribution >= 4 is 22.4 Å². The molecule has 0 saturated heterocycles. The van der Waals surface area contributed by atoms with E-state index in [4.69, 9.17) is 0 Å². The number of benzene rings is 2. The Morgan fingerprint density at radius 3 is 2.30 bits per heavy atom. The summed E-state index contributed by atoms with van der Waals surface area (Å²) < 4.78 is 0. The highest BCUT2D eigenvalue weighted by Gasteiger charge is 2.13. The summed E-state index contributed by atoms with van der Waals surface area (Å²) in [4.78, 5) is 21.9. The van der Waals surface area contributed by atoms with E-state index >= 15 is 0 Å². The van der Waals surface area contributed by atoms with Gasteiger partial charge in [0.1, 0.15) is 0 Å². The van der Waals surface area contributed by atoms with Gasteiger partial charge in [-0.15, -0.1) is 11.3 Å². The SMILES string of the molecule is Cc1sc(NC(=O)c2cccnc2)nc1-c1ccc(-c2ccccc2)cc1. The van der Waals surface area contributed by atoms with Gasteiger partial charge in [-0.25, -0.2) is 4.98 Å². The van der Waals surface area contributed by atoms with E-state index in [2.05, 4.69) is 51.7 Å². The highest BCUT2D eigenvalue weighted by Crippen LogP contribution is 2.32. The Labute approximate surface area is 161 Å². The maximum atomic E-state index is 12.3. The number of rotatable bonds is 4. The number of anilines is 1. The first-order chi connectivity index (χ1) is 13.2. The van der Waals surface area contributed by atoms with Crippen molar-refractivity contribution in [2.75, 3.05) is 5.32 Å². The summed E-state index contributed by atoms with van der Waals surface area (Å²) in [5.41, 5.74) is 4.78. The van der Waals surface area contributed by atoms with Crippen molar-refractivity contribution in [2.24, 2.45) is 0 Å². The average molecular weight is 371 g/mol. The van der Waals surface area contributed by atoms with Gasteiger partial charge >= 0.3 is 0 Å². The van der Waals surface area contributed by atoms with Crippen molar-refractivity contribution in [3.63, 3.8) is 0 Å². The summed E-state index contributed by atoms with van der Waals surface area (Å²) in [6.07, 6.45) is 3.18. The van der Waals surface area contributed by atoms with Crippen molar-refractivity contribution in [1.29, 1.82) is 0 Å². The van der Waals surface area contributed by atoms with Crippen LogP contribution in [0.3, 0.4) is 0 Å². The van der Waals surface area contributed by atoms with E-state index in [9.17, 15) is 4.79 Å². The second-order valence-electron chi connectivity index (χ2n) is 6.06. The number of thiazole rings is 1. The molecule has 4 nitrogen and oxygen atoms in total. The van der Waals surface area contributed by atoms with Crippen molar-refractivity contribution < 1.29 is 4.79 Å². The summed E-state index contributed by atoms with van der Waals surface area (Å²) in [7, 11) is 0. The second-order valence-corrected chi connectivity index (χ2v) is 7.27. The smallest absolute Gasteiger partial charge is 0.259 e. The normalized spacial score (nSPS) is 10.6. The monoisotopic (exact) mass is 371 g/mol. The zero-order valence-corrected chi connectivity index (χ0v) is 15.5. The largest absolute Gasteiger partial charge is 0.298 e. The Morgan fingerprint density at radius 1 is 0.889 bits per heavy atom. The molecule has 0 saturated carbocycles. The van der Waals surface area contributed by atoms with Gasteiger partial charge in [-0.2, -0.15) is 0 Å².